The third-order valence-electron chi connectivity index (χ3n) is 3.18. The largest absolute Gasteiger partial charge is 0.434 e. The lowest BCUT2D eigenvalue weighted by Crippen LogP contribution is -2.06. The van der Waals surface area contributed by atoms with Crippen LogP contribution in [0.15, 0.2) is 54.6 Å². The van der Waals surface area contributed by atoms with Crippen LogP contribution in [0.3, 0.4) is 0 Å². The third-order valence-corrected chi connectivity index (χ3v) is 4.25. The van der Waals surface area contributed by atoms with Gasteiger partial charge in [0.2, 0.25) is 0 Å². The van der Waals surface area contributed by atoms with E-state index in [2.05, 4.69) is 19.1 Å². The van der Waals surface area contributed by atoms with Crippen LogP contribution < -0.4 is 0 Å². The van der Waals surface area contributed by atoms with Crippen LogP contribution in [0.1, 0.15) is 35.4 Å². The van der Waals surface area contributed by atoms with Crippen molar-refractivity contribution in [3.8, 4) is 0 Å². The van der Waals surface area contributed by atoms with Crippen LogP contribution in [0.5, 0.6) is 0 Å². The number of hydrogen-bond donors (Lipinski definition) is 0. The molecule has 2 radical (unpaired) electrons. The monoisotopic (exact) mass is 318 g/mol. The van der Waals surface area contributed by atoms with Crippen molar-refractivity contribution in [3.05, 3.63) is 71.3 Å². The molecule has 2 aromatic carbocycles. The fraction of sp³-hybridized carbons (Fsp3) is 0.294. The summed E-state index contributed by atoms with van der Waals surface area (Å²) in [6.07, 6.45) is 0.908. The molecule has 4 heteroatoms. The fourth-order valence-corrected chi connectivity index (χ4v) is 2.76. The molecule has 0 saturated heterocycles. The number of alkyl halides is 1. The van der Waals surface area contributed by atoms with Crippen LogP contribution in [-0.4, -0.2) is 10.0 Å². The van der Waals surface area contributed by atoms with Crippen molar-refractivity contribution in [1.29, 1.82) is 0 Å². The molecule has 1 unspecified atom stereocenters. The Labute approximate surface area is 134 Å². The molecule has 0 N–H and O–H groups in total. The molecule has 110 valence electrons. The maximum Gasteiger partial charge on any atom is 0.434 e. The van der Waals surface area contributed by atoms with Gasteiger partial charge in [-0.2, -0.15) is 0 Å². The predicted octanol–water partition coefficient (Wildman–Crippen LogP) is 4.64. The van der Waals surface area contributed by atoms with Gasteiger partial charge in [-0.3, -0.25) is 0 Å². The van der Waals surface area contributed by atoms with E-state index in [4.69, 9.17) is 20.5 Å². The maximum atomic E-state index is 6.33. The summed E-state index contributed by atoms with van der Waals surface area (Å²) in [4.78, 5) is 0. The normalized spacial score (nSPS) is 12.3. The van der Waals surface area contributed by atoms with Crippen molar-refractivity contribution in [2.24, 2.45) is 0 Å². The first-order valence-corrected chi connectivity index (χ1v) is 8.31. The fourth-order valence-electron chi connectivity index (χ4n) is 2.03. The summed E-state index contributed by atoms with van der Waals surface area (Å²) >= 11 is 6.33. The average molecular weight is 319 g/mol. The summed E-state index contributed by atoms with van der Waals surface area (Å²) in [6, 6.07) is 18.2. The molecule has 0 aromatic heterocycles. The first-order chi connectivity index (χ1) is 10.3. The molecular formula is C17H19ClO2Si. The number of benzene rings is 2. The molecule has 0 saturated carbocycles. The van der Waals surface area contributed by atoms with E-state index in [9.17, 15) is 0 Å². The average Bonchev–Trinajstić information content (AvgIpc) is 2.55. The zero-order chi connectivity index (χ0) is 14.9. The molecule has 2 rings (SSSR count). The van der Waals surface area contributed by atoms with Crippen molar-refractivity contribution < 1.29 is 8.85 Å². The van der Waals surface area contributed by atoms with E-state index >= 15 is 0 Å². The summed E-state index contributed by atoms with van der Waals surface area (Å²) in [6.45, 7) is 3.20. The van der Waals surface area contributed by atoms with Gasteiger partial charge < -0.3 is 8.85 Å². The van der Waals surface area contributed by atoms with Gasteiger partial charge in [-0.05, 0) is 23.1 Å². The minimum atomic E-state index is 0.0308. The van der Waals surface area contributed by atoms with Gasteiger partial charge in [0, 0.05) is 0 Å². The summed E-state index contributed by atoms with van der Waals surface area (Å²) in [5.41, 5.74) is 3.44. The van der Waals surface area contributed by atoms with Crippen LogP contribution in [0.25, 0.3) is 0 Å². The molecule has 21 heavy (non-hydrogen) atoms. The van der Waals surface area contributed by atoms with E-state index in [1.165, 1.54) is 0 Å². The molecule has 0 spiro atoms. The molecule has 0 heterocycles. The Morgan fingerprint density at radius 3 is 2.38 bits per heavy atom. The second kappa shape index (κ2) is 9.00. The highest BCUT2D eigenvalue weighted by molar-refractivity contribution is 6.21. The third kappa shape index (κ3) is 5.29. The van der Waals surface area contributed by atoms with Gasteiger partial charge in [0.25, 0.3) is 0 Å². The Hall–Kier alpha value is -1.13. The highest BCUT2D eigenvalue weighted by atomic mass is 35.5. The SMILES string of the molecule is CCC(Cl)c1ccccc1CO[Si]OCc1ccccc1. The van der Waals surface area contributed by atoms with Gasteiger partial charge in [-0.25, -0.2) is 0 Å². The maximum absolute atomic E-state index is 6.33. The minimum absolute atomic E-state index is 0.0308. The quantitative estimate of drug-likeness (QED) is 0.401. The minimum Gasteiger partial charge on any atom is -0.388 e. The molecule has 0 aliphatic rings. The van der Waals surface area contributed by atoms with Crippen molar-refractivity contribution in [2.75, 3.05) is 0 Å². The van der Waals surface area contributed by atoms with Crippen LogP contribution in [0, 0.1) is 0 Å². The van der Waals surface area contributed by atoms with Crippen LogP contribution in [0.2, 0.25) is 0 Å². The van der Waals surface area contributed by atoms with Crippen molar-refractivity contribution in [3.63, 3.8) is 0 Å². The van der Waals surface area contributed by atoms with Crippen LogP contribution >= 0.6 is 11.6 Å². The molecule has 2 nitrogen and oxygen atoms in total. The highest BCUT2D eigenvalue weighted by Crippen LogP contribution is 2.27. The standard InChI is InChI=1S/C17H19ClO2Si/c1-2-17(18)16-11-7-6-10-15(16)13-20-21-19-12-14-8-4-3-5-9-14/h3-11,17H,2,12-13H2,1H3. The van der Waals surface area contributed by atoms with E-state index in [1.54, 1.807) is 0 Å². The second-order valence-corrected chi connectivity index (χ2v) is 5.99. The molecule has 1 atom stereocenters. The van der Waals surface area contributed by atoms with E-state index in [-0.39, 0.29) is 15.4 Å². The second-order valence-electron chi connectivity index (χ2n) is 4.72. The topological polar surface area (TPSA) is 18.5 Å². The summed E-state index contributed by atoms with van der Waals surface area (Å²) in [5.74, 6) is 0. The lowest BCUT2D eigenvalue weighted by molar-refractivity contribution is 0.207. The van der Waals surface area contributed by atoms with Gasteiger partial charge in [0.05, 0.1) is 18.6 Å². The van der Waals surface area contributed by atoms with Crippen molar-refractivity contribution in [1.82, 2.24) is 0 Å². The highest BCUT2D eigenvalue weighted by Gasteiger charge is 2.10. The zero-order valence-corrected chi connectivity index (χ0v) is 13.8. The Kier molecular flexibility index (Phi) is 6.96. The summed E-state index contributed by atoms with van der Waals surface area (Å²) < 4.78 is 11.2. The Morgan fingerprint density at radius 1 is 0.952 bits per heavy atom. The summed E-state index contributed by atoms with van der Waals surface area (Å²) in [7, 11) is 0.0308. The molecule has 0 bridgehead atoms. The van der Waals surface area contributed by atoms with Gasteiger partial charge in [0.1, 0.15) is 0 Å². The Balaban J connectivity index is 1.76. The Morgan fingerprint density at radius 2 is 1.62 bits per heavy atom. The van der Waals surface area contributed by atoms with Gasteiger partial charge in [-0.1, -0.05) is 61.5 Å². The number of rotatable bonds is 8. The lowest BCUT2D eigenvalue weighted by Gasteiger charge is -2.13. The smallest absolute Gasteiger partial charge is 0.388 e. The van der Waals surface area contributed by atoms with Gasteiger partial charge in [-0.15, -0.1) is 11.6 Å². The molecule has 0 aliphatic heterocycles. The predicted molar refractivity (Wildman–Crippen MR) is 87.1 cm³/mol. The van der Waals surface area contributed by atoms with Crippen molar-refractivity contribution >= 4 is 21.6 Å². The van der Waals surface area contributed by atoms with Gasteiger partial charge >= 0.3 is 10.0 Å². The van der Waals surface area contributed by atoms with E-state index in [1.807, 2.05) is 42.5 Å². The first-order valence-electron chi connectivity index (χ1n) is 7.05. The lowest BCUT2D eigenvalue weighted by atomic mass is 10.0. The molecule has 2 aromatic rings. The summed E-state index contributed by atoms with van der Waals surface area (Å²) in [5, 5.41) is 0.0402. The molecule has 0 fully saturated rings. The number of hydrogen-bond acceptors (Lipinski definition) is 2. The first kappa shape index (κ1) is 16.2. The van der Waals surface area contributed by atoms with Crippen LogP contribution in [0.4, 0.5) is 0 Å². The van der Waals surface area contributed by atoms with Crippen LogP contribution in [-0.2, 0) is 22.1 Å². The Bertz CT molecular complexity index is 533. The number of halogens is 1. The molecule has 0 aliphatic carbocycles. The van der Waals surface area contributed by atoms with E-state index in [0.29, 0.717) is 13.2 Å². The van der Waals surface area contributed by atoms with Gasteiger partial charge in [0.15, 0.2) is 0 Å². The van der Waals surface area contributed by atoms with E-state index in [0.717, 1.165) is 23.1 Å². The van der Waals surface area contributed by atoms with E-state index < -0.39 is 0 Å². The molecular weight excluding hydrogens is 300 g/mol. The zero-order valence-electron chi connectivity index (χ0n) is 12.1. The van der Waals surface area contributed by atoms with Crippen molar-refractivity contribution in [2.45, 2.75) is 31.9 Å². The molecule has 0 amide bonds.